The van der Waals surface area contributed by atoms with Gasteiger partial charge < -0.3 is 15.0 Å². The number of rotatable bonds is 3. The van der Waals surface area contributed by atoms with E-state index in [0.717, 1.165) is 28.8 Å². The van der Waals surface area contributed by atoms with E-state index in [4.69, 9.17) is 9.84 Å². The smallest absolute Gasteiger partial charge is 0.410 e. The quantitative estimate of drug-likeness (QED) is 0.696. The summed E-state index contributed by atoms with van der Waals surface area (Å²) in [4.78, 5) is 28.3. The molecule has 2 amide bonds. The first kappa shape index (κ1) is 22.6. The van der Waals surface area contributed by atoms with Gasteiger partial charge in [0, 0.05) is 24.6 Å². The molecule has 4 bridgehead atoms. The van der Waals surface area contributed by atoms with E-state index in [0.29, 0.717) is 37.0 Å². The Kier molecular flexibility index (Phi) is 5.42. The van der Waals surface area contributed by atoms with Crippen LogP contribution in [-0.4, -0.2) is 44.9 Å². The number of fused-ring (bicyclic) bond motifs is 1. The molecule has 1 aromatic carbocycles. The summed E-state index contributed by atoms with van der Waals surface area (Å²) in [6.45, 7) is 6.49. The van der Waals surface area contributed by atoms with Crippen LogP contribution in [-0.2, 0) is 17.7 Å². The van der Waals surface area contributed by atoms with Gasteiger partial charge in [0.2, 0.25) is 0 Å². The second kappa shape index (κ2) is 8.38. The van der Waals surface area contributed by atoms with Crippen LogP contribution in [0.1, 0.15) is 74.6 Å². The molecule has 0 spiro atoms. The predicted octanol–water partition coefficient (Wildman–Crippen LogP) is 4.72. The van der Waals surface area contributed by atoms with Crippen LogP contribution in [0.3, 0.4) is 0 Å². The van der Waals surface area contributed by atoms with Gasteiger partial charge in [0.15, 0.2) is 5.69 Å². The molecule has 1 N–H and O–H groups in total. The zero-order valence-electron chi connectivity index (χ0n) is 21.0. The van der Waals surface area contributed by atoms with Gasteiger partial charge in [-0.3, -0.25) is 4.79 Å². The molecule has 186 valence electrons. The predicted molar refractivity (Wildman–Crippen MR) is 132 cm³/mol. The number of para-hydroxylation sites is 1. The maximum atomic E-state index is 13.7. The van der Waals surface area contributed by atoms with Crippen LogP contribution < -0.4 is 5.32 Å². The number of carbonyl (C=O) groups excluding carboxylic acids is 2. The highest BCUT2D eigenvalue weighted by atomic mass is 16.6. The van der Waals surface area contributed by atoms with Crippen LogP contribution in [0.2, 0.25) is 0 Å². The fourth-order valence-electron chi connectivity index (χ4n) is 7.25. The Hall–Kier alpha value is -2.83. The normalized spacial score (nSPS) is 29.1. The minimum Gasteiger partial charge on any atom is -0.444 e. The molecule has 1 aromatic heterocycles. The largest absolute Gasteiger partial charge is 0.444 e. The second-order valence-corrected chi connectivity index (χ2v) is 12.1. The molecule has 4 fully saturated rings. The highest BCUT2D eigenvalue weighted by molar-refractivity contribution is 5.94. The summed E-state index contributed by atoms with van der Waals surface area (Å²) >= 11 is 0. The van der Waals surface area contributed by atoms with Gasteiger partial charge in [-0.25, -0.2) is 9.48 Å². The van der Waals surface area contributed by atoms with Crippen LogP contribution in [0.25, 0.3) is 5.69 Å². The van der Waals surface area contributed by atoms with Gasteiger partial charge >= 0.3 is 6.09 Å². The van der Waals surface area contributed by atoms with E-state index in [2.05, 4.69) is 5.32 Å². The van der Waals surface area contributed by atoms with Crippen molar-refractivity contribution in [2.75, 3.05) is 6.54 Å². The zero-order chi connectivity index (χ0) is 24.3. The molecule has 0 unspecified atom stereocenters. The van der Waals surface area contributed by atoms with E-state index in [1.165, 1.54) is 32.1 Å². The van der Waals surface area contributed by atoms with Gasteiger partial charge in [-0.05, 0) is 88.7 Å². The molecular formula is C28H36N4O3. The van der Waals surface area contributed by atoms with E-state index < -0.39 is 5.60 Å². The standard InChI is InChI=1S/C28H36N4O3/c1-28(2,3)35-27(34)31-10-9-23-22(16-31)25(30-32(23)21-7-5-4-6-8-21)26(33)29-24-19-12-17-11-18(14-19)15-20(24)13-17/h4-8,17-20,24H,9-16H2,1-3H3,(H,29,33). The van der Waals surface area contributed by atoms with Crippen LogP contribution in [0.5, 0.6) is 0 Å². The summed E-state index contributed by atoms with van der Waals surface area (Å²) < 4.78 is 7.53. The lowest BCUT2D eigenvalue weighted by Crippen LogP contribution is -2.56. The van der Waals surface area contributed by atoms with Crippen LogP contribution in [0, 0.1) is 23.7 Å². The number of nitrogens with zero attached hydrogens (tertiary/aromatic N) is 3. The molecule has 4 saturated carbocycles. The summed E-state index contributed by atoms with van der Waals surface area (Å²) in [6, 6.07) is 10.2. The Bertz CT molecular complexity index is 1110. The van der Waals surface area contributed by atoms with Crippen molar-refractivity contribution in [2.45, 2.75) is 77.5 Å². The fraction of sp³-hybridized carbons (Fsp3) is 0.607. The van der Waals surface area contributed by atoms with Crippen LogP contribution >= 0.6 is 0 Å². The molecule has 7 nitrogen and oxygen atoms in total. The lowest BCUT2D eigenvalue weighted by Gasteiger charge is -2.54. The molecule has 7 rings (SSSR count). The van der Waals surface area contributed by atoms with Gasteiger partial charge in [-0.2, -0.15) is 5.10 Å². The molecule has 2 heterocycles. The maximum Gasteiger partial charge on any atom is 0.410 e. The SMILES string of the molecule is CC(C)(C)OC(=O)N1CCc2c(c(C(=O)NC3C4CC5CC(C4)CC3C5)nn2-c2ccccc2)C1. The monoisotopic (exact) mass is 476 g/mol. The van der Waals surface area contributed by atoms with Gasteiger partial charge in [0.1, 0.15) is 5.60 Å². The number of benzene rings is 1. The molecule has 5 aliphatic rings. The molecular weight excluding hydrogens is 440 g/mol. The lowest BCUT2D eigenvalue weighted by molar-refractivity contribution is -0.0120. The molecule has 7 heteroatoms. The second-order valence-electron chi connectivity index (χ2n) is 12.1. The van der Waals surface area contributed by atoms with Crippen molar-refractivity contribution in [2.24, 2.45) is 23.7 Å². The van der Waals surface area contributed by atoms with E-state index in [1.807, 2.05) is 55.8 Å². The number of hydrogen-bond donors (Lipinski definition) is 1. The topological polar surface area (TPSA) is 76.5 Å². The summed E-state index contributed by atoms with van der Waals surface area (Å²) in [6.07, 6.45) is 6.68. The molecule has 1 aliphatic heterocycles. The summed E-state index contributed by atoms with van der Waals surface area (Å²) in [5.74, 6) is 2.82. The van der Waals surface area contributed by atoms with Crippen molar-refractivity contribution in [3.63, 3.8) is 0 Å². The van der Waals surface area contributed by atoms with E-state index >= 15 is 0 Å². The number of nitrogens with one attached hydrogen (secondary N) is 1. The first-order valence-corrected chi connectivity index (χ1v) is 13.2. The number of ether oxygens (including phenoxy) is 1. The molecule has 0 radical (unpaired) electrons. The first-order chi connectivity index (χ1) is 16.7. The van der Waals surface area contributed by atoms with E-state index in [-0.39, 0.29) is 18.0 Å². The molecule has 2 aromatic rings. The third kappa shape index (κ3) is 4.23. The minimum absolute atomic E-state index is 0.0977. The van der Waals surface area contributed by atoms with Crippen molar-refractivity contribution in [3.05, 3.63) is 47.3 Å². The first-order valence-electron chi connectivity index (χ1n) is 13.2. The average Bonchev–Trinajstić information content (AvgIpc) is 3.19. The summed E-state index contributed by atoms with van der Waals surface area (Å²) in [5.41, 5.74) is 2.67. The minimum atomic E-state index is -0.564. The number of aromatic nitrogens is 2. The van der Waals surface area contributed by atoms with Gasteiger partial charge in [0.25, 0.3) is 5.91 Å². The van der Waals surface area contributed by atoms with Crippen molar-refractivity contribution in [3.8, 4) is 5.69 Å². The van der Waals surface area contributed by atoms with Gasteiger partial charge in [0.05, 0.1) is 17.9 Å². The number of hydrogen-bond acceptors (Lipinski definition) is 4. The fourth-order valence-corrected chi connectivity index (χ4v) is 7.25. The van der Waals surface area contributed by atoms with Crippen molar-refractivity contribution in [1.29, 1.82) is 0 Å². The van der Waals surface area contributed by atoms with Crippen LogP contribution in [0.15, 0.2) is 30.3 Å². The Labute approximate surface area is 207 Å². The van der Waals surface area contributed by atoms with Gasteiger partial charge in [-0.15, -0.1) is 0 Å². The van der Waals surface area contributed by atoms with Crippen molar-refractivity contribution < 1.29 is 14.3 Å². The Morgan fingerprint density at radius 1 is 1.00 bits per heavy atom. The molecule has 35 heavy (non-hydrogen) atoms. The van der Waals surface area contributed by atoms with Crippen molar-refractivity contribution in [1.82, 2.24) is 20.0 Å². The number of amides is 2. The molecule has 0 atom stereocenters. The molecule has 0 saturated heterocycles. The van der Waals surface area contributed by atoms with Gasteiger partial charge in [-0.1, -0.05) is 18.2 Å². The zero-order valence-corrected chi connectivity index (χ0v) is 21.0. The lowest BCUT2D eigenvalue weighted by atomic mass is 9.54. The third-order valence-corrected chi connectivity index (χ3v) is 8.45. The Morgan fingerprint density at radius 3 is 2.29 bits per heavy atom. The van der Waals surface area contributed by atoms with E-state index in [1.54, 1.807) is 4.90 Å². The number of carbonyl (C=O) groups is 2. The van der Waals surface area contributed by atoms with E-state index in [9.17, 15) is 9.59 Å². The highest BCUT2D eigenvalue weighted by Gasteiger charge is 2.49. The summed E-state index contributed by atoms with van der Waals surface area (Å²) in [7, 11) is 0. The average molecular weight is 477 g/mol. The third-order valence-electron chi connectivity index (χ3n) is 8.45. The van der Waals surface area contributed by atoms with Crippen molar-refractivity contribution >= 4 is 12.0 Å². The maximum absolute atomic E-state index is 13.7. The molecule has 4 aliphatic carbocycles. The van der Waals surface area contributed by atoms with Crippen LogP contribution in [0.4, 0.5) is 4.79 Å². The highest BCUT2D eigenvalue weighted by Crippen LogP contribution is 2.53. The Balaban J connectivity index is 1.30. The Morgan fingerprint density at radius 2 is 1.66 bits per heavy atom. The summed E-state index contributed by atoms with van der Waals surface area (Å²) in [5, 5.41) is 8.27.